The topological polar surface area (TPSA) is 79.7 Å². The summed E-state index contributed by atoms with van der Waals surface area (Å²) in [7, 11) is 0. The van der Waals surface area contributed by atoms with Crippen LogP contribution in [-0.4, -0.2) is 31.5 Å². The second-order valence-electron chi connectivity index (χ2n) is 15.2. The molecule has 60 heavy (non-hydrogen) atoms. The van der Waals surface area contributed by atoms with Crippen molar-refractivity contribution < 1.29 is 0 Å². The number of aromatic amines is 2. The van der Waals surface area contributed by atoms with Crippen LogP contribution in [0.5, 0.6) is 0 Å². The molecule has 8 heteroatoms. The minimum Gasteiger partial charge on any atom is -0.369 e. The van der Waals surface area contributed by atoms with Gasteiger partial charge in [-0.1, -0.05) is 146 Å². The lowest BCUT2D eigenvalue weighted by atomic mass is 10.0. The molecule has 6 aromatic rings. The van der Waals surface area contributed by atoms with Crippen LogP contribution in [0.1, 0.15) is 45.0 Å². The first-order valence-electron chi connectivity index (χ1n) is 20.4. The molecule has 12 bridgehead atoms. The number of rotatable bonds is 4. The van der Waals surface area contributed by atoms with Crippen LogP contribution >= 0.6 is 23.5 Å². The number of fused-ring (bicyclic) bond motifs is 12. The average molecular weight is 815 g/mol. The Morgan fingerprint density at radius 2 is 0.517 bits per heavy atom. The van der Waals surface area contributed by atoms with Crippen LogP contribution in [0.15, 0.2) is 217 Å². The van der Waals surface area contributed by atoms with Crippen LogP contribution in [0.3, 0.4) is 0 Å². The Hall–Kier alpha value is -6.74. The van der Waals surface area contributed by atoms with Crippen LogP contribution in [-0.2, 0) is 0 Å². The molecule has 2 aromatic heterocycles. The summed E-state index contributed by atoms with van der Waals surface area (Å²) < 4.78 is 0. The maximum atomic E-state index is 3.88. The van der Waals surface area contributed by atoms with Crippen molar-refractivity contribution in [1.29, 1.82) is 0 Å². The zero-order chi connectivity index (χ0) is 39.8. The average Bonchev–Trinajstić information content (AvgIpc) is 4.16. The van der Waals surface area contributed by atoms with E-state index in [4.69, 9.17) is 0 Å². The van der Waals surface area contributed by atoms with Crippen molar-refractivity contribution in [3.05, 3.63) is 262 Å². The number of benzene rings is 4. The molecule has 6 N–H and O–H groups in total. The van der Waals surface area contributed by atoms with Crippen molar-refractivity contribution in [2.45, 2.75) is 21.5 Å². The van der Waals surface area contributed by atoms with Crippen LogP contribution in [0.4, 0.5) is 0 Å². The summed E-state index contributed by atoms with van der Waals surface area (Å²) in [5.41, 5.74) is 17.7. The summed E-state index contributed by atoms with van der Waals surface area (Å²) in [5.74, 6) is 0. The molecule has 11 rings (SSSR count). The third kappa shape index (κ3) is 7.08. The van der Waals surface area contributed by atoms with Crippen molar-refractivity contribution >= 4 is 45.8 Å². The summed E-state index contributed by atoms with van der Waals surface area (Å²) >= 11 is 3.71. The third-order valence-corrected chi connectivity index (χ3v) is 13.6. The molecule has 5 aliphatic rings. The van der Waals surface area contributed by atoms with Crippen molar-refractivity contribution in [3.63, 3.8) is 0 Å². The molecule has 0 saturated heterocycles. The first kappa shape index (κ1) is 36.3. The molecule has 0 saturated carbocycles. The highest BCUT2D eigenvalue weighted by Crippen LogP contribution is 2.39. The van der Waals surface area contributed by atoms with Crippen LogP contribution < -0.4 is 21.3 Å². The lowest BCUT2D eigenvalue weighted by molar-refractivity contribution is 0.885. The summed E-state index contributed by atoms with van der Waals surface area (Å²) in [4.78, 5) is 7.76. The van der Waals surface area contributed by atoms with Gasteiger partial charge in [0.2, 0.25) is 0 Å². The van der Waals surface area contributed by atoms with Gasteiger partial charge in [-0.2, -0.15) is 0 Å². The van der Waals surface area contributed by atoms with Crippen LogP contribution in [0.25, 0.3) is 22.3 Å². The largest absolute Gasteiger partial charge is 0.369 e. The fourth-order valence-electron chi connectivity index (χ4n) is 8.61. The van der Waals surface area contributed by atoms with E-state index >= 15 is 0 Å². The molecule has 0 fully saturated rings. The first-order chi connectivity index (χ1) is 29.7. The lowest BCUT2D eigenvalue weighted by Gasteiger charge is -2.20. The molecule has 0 radical (unpaired) electrons. The van der Waals surface area contributed by atoms with Crippen molar-refractivity contribution in [2.75, 3.05) is 0 Å². The van der Waals surface area contributed by atoms with Crippen molar-refractivity contribution in [2.24, 2.45) is 0 Å². The van der Waals surface area contributed by atoms with E-state index in [1.165, 1.54) is 0 Å². The minimum absolute atomic E-state index is 0.0672. The van der Waals surface area contributed by atoms with Gasteiger partial charge in [-0.05, 0) is 70.8 Å². The van der Waals surface area contributed by atoms with Crippen molar-refractivity contribution in [1.82, 2.24) is 31.2 Å². The zero-order valence-corrected chi connectivity index (χ0v) is 34.2. The third-order valence-electron chi connectivity index (χ3n) is 11.3. The van der Waals surface area contributed by atoms with Crippen LogP contribution in [0, 0.1) is 0 Å². The van der Waals surface area contributed by atoms with Gasteiger partial charge < -0.3 is 31.2 Å². The highest BCUT2D eigenvalue weighted by molar-refractivity contribution is 8.01. The van der Waals surface area contributed by atoms with Crippen LogP contribution in [0.2, 0.25) is 0 Å². The second-order valence-corrected chi connectivity index (χ2v) is 17.7. The SMILES string of the molecule is C1=CC2N/C1=C(/c1ccccc1)c1ccc([nH]1)/C(c1ccccc1)=C1/C=CC(N1)SC1C=C/C(=C(\c3ccccc3)c3ccc([nH]3)/C(c3ccccc3)=C3/C=CC(N3)S2)N1. The molecule has 4 unspecified atom stereocenters. The van der Waals surface area contributed by atoms with Gasteiger partial charge in [0.05, 0.1) is 21.5 Å². The molecule has 5 aliphatic heterocycles. The molecule has 0 spiro atoms. The van der Waals surface area contributed by atoms with Gasteiger partial charge in [0.15, 0.2) is 0 Å². The minimum atomic E-state index is 0.0672. The summed E-state index contributed by atoms with van der Waals surface area (Å²) in [5, 5.41) is 15.8. The molecule has 0 amide bonds. The molecule has 4 atom stereocenters. The zero-order valence-electron chi connectivity index (χ0n) is 32.6. The van der Waals surface area contributed by atoms with E-state index in [1.54, 1.807) is 0 Å². The molecule has 0 aliphatic carbocycles. The summed E-state index contributed by atoms with van der Waals surface area (Å²) in [6, 6.07) is 51.6. The predicted octanol–water partition coefficient (Wildman–Crippen LogP) is 10.5. The quantitative estimate of drug-likeness (QED) is 0.106. The Morgan fingerprint density at radius 3 is 0.750 bits per heavy atom. The van der Waals surface area contributed by atoms with E-state index < -0.39 is 0 Å². The first-order valence-corrected chi connectivity index (χ1v) is 22.3. The number of thioether (sulfide) groups is 2. The van der Waals surface area contributed by atoms with Gasteiger partial charge in [-0.3, -0.25) is 0 Å². The molecule has 6 nitrogen and oxygen atoms in total. The van der Waals surface area contributed by atoms with Gasteiger partial charge in [-0.25, -0.2) is 0 Å². The van der Waals surface area contributed by atoms with Gasteiger partial charge >= 0.3 is 0 Å². The van der Waals surface area contributed by atoms with E-state index in [-0.39, 0.29) is 21.5 Å². The highest BCUT2D eigenvalue weighted by atomic mass is 32.2. The lowest BCUT2D eigenvalue weighted by Crippen LogP contribution is -2.26. The number of hydrogen-bond acceptors (Lipinski definition) is 6. The molecule has 4 aromatic carbocycles. The standard InChI is InChI=1S/C52H42N6S2/c1-5-13-33(14-6-1)49-37-21-22-38(53-37)50(34-15-7-2-8-16-34)42-26-31-47(56-42)60-48-32-28-44(58-48)52(36-19-11-4-12-20-36)40-24-23-39(54-40)51(35-17-9-3-10-18-35)43-27-30-46(57-43)59-45-29-25-41(49)55-45/h1-32,45-48,53-58H/b49-41-,50-42-,51-43-,52-44-. The summed E-state index contributed by atoms with van der Waals surface area (Å²) in [6.45, 7) is 0. The summed E-state index contributed by atoms with van der Waals surface area (Å²) in [6.07, 6.45) is 18.1. The molecular formula is C52H42N6S2. The van der Waals surface area contributed by atoms with E-state index in [2.05, 4.69) is 225 Å². The van der Waals surface area contributed by atoms with E-state index in [1.807, 2.05) is 23.5 Å². The van der Waals surface area contributed by atoms with Gasteiger partial charge in [-0.15, -0.1) is 23.5 Å². The monoisotopic (exact) mass is 814 g/mol. The fraction of sp³-hybridized carbons (Fsp3) is 0.0769. The Morgan fingerprint density at radius 1 is 0.283 bits per heavy atom. The van der Waals surface area contributed by atoms with E-state index in [9.17, 15) is 0 Å². The number of aromatic nitrogens is 2. The molecule has 292 valence electrons. The molecular weight excluding hydrogens is 773 g/mol. The van der Waals surface area contributed by atoms with Crippen molar-refractivity contribution in [3.8, 4) is 0 Å². The second kappa shape index (κ2) is 15.8. The Balaban J connectivity index is 1.03. The fourth-order valence-corrected chi connectivity index (χ4v) is 10.7. The maximum absolute atomic E-state index is 3.88. The Labute approximate surface area is 358 Å². The number of allylic oxidation sites excluding steroid dienone is 4. The number of nitrogens with one attached hydrogen (secondary N) is 6. The van der Waals surface area contributed by atoms with E-state index in [0.717, 1.165) is 90.1 Å². The smallest absolute Gasteiger partial charge is 0.0936 e. The van der Waals surface area contributed by atoms with Gasteiger partial charge in [0.25, 0.3) is 0 Å². The van der Waals surface area contributed by atoms with E-state index in [0.29, 0.717) is 0 Å². The van der Waals surface area contributed by atoms with Gasteiger partial charge in [0, 0.05) is 67.9 Å². The predicted molar refractivity (Wildman–Crippen MR) is 251 cm³/mol. The number of H-pyrrole nitrogens is 2. The maximum Gasteiger partial charge on any atom is 0.0936 e. The highest BCUT2D eigenvalue weighted by Gasteiger charge is 2.28. The Bertz CT molecular complexity index is 2440. The number of hydrogen-bond donors (Lipinski definition) is 6. The normalized spacial score (nSPS) is 26.7. The Kier molecular flexibility index (Phi) is 9.56. The molecule has 7 heterocycles. The van der Waals surface area contributed by atoms with Gasteiger partial charge in [0.1, 0.15) is 0 Å².